The lowest BCUT2D eigenvalue weighted by Crippen LogP contribution is -2.01. The van der Waals surface area contributed by atoms with Gasteiger partial charge in [-0.25, -0.2) is 0 Å². The average molecular weight is 192 g/mol. The van der Waals surface area contributed by atoms with E-state index in [1.54, 1.807) is 12.1 Å². The van der Waals surface area contributed by atoms with Crippen LogP contribution in [0.25, 0.3) is 0 Å². The summed E-state index contributed by atoms with van der Waals surface area (Å²) < 4.78 is 5.28. The van der Waals surface area contributed by atoms with Crippen LogP contribution in [-0.2, 0) is 0 Å². The summed E-state index contributed by atoms with van der Waals surface area (Å²) >= 11 is 0. The number of rotatable bonds is 3. The van der Waals surface area contributed by atoms with Gasteiger partial charge in [0, 0.05) is 0 Å². The smallest absolute Gasteiger partial charge is 0.200 e. The summed E-state index contributed by atoms with van der Waals surface area (Å²) in [5, 5.41) is 9.93. The van der Waals surface area contributed by atoms with E-state index in [-0.39, 0.29) is 5.84 Å². The highest BCUT2D eigenvalue weighted by Gasteiger charge is 2.09. The summed E-state index contributed by atoms with van der Waals surface area (Å²) in [7, 11) is 0. The fourth-order valence-corrected chi connectivity index (χ4v) is 1.16. The van der Waals surface area contributed by atoms with E-state index in [1.807, 2.05) is 19.9 Å². The molecule has 0 atom stereocenters. The van der Waals surface area contributed by atoms with Gasteiger partial charge in [0.15, 0.2) is 5.84 Å². The molecule has 0 spiro atoms. The molecule has 0 heterocycles. The van der Waals surface area contributed by atoms with E-state index in [9.17, 15) is 4.91 Å². The first-order valence-electron chi connectivity index (χ1n) is 4.34. The molecule has 0 radical (unpaired) electrons. The molecule has 74 valence electrons. The van der Waals surface area contributed by atoms with Crippen molar-refractivity contribution in [3.8, 4) is 5.75 Å². The second-order valence-corrected chi connectivity index (χ2v) is 2.87. The van der Waals surface area contributed by atoms with Crippen LogP contribution in [0.15, 0.2) is 23.4 Å². The molecule has 1 N–H and O–H groups in total. The molecule has 0 amide bonds. The zero-order valence-electron chi connectivity index (χ0n) is 8.20. The van der Waals surface area contributed by atoms with Crippen LogP contribution >= 0.6 is 0 Å². The third-order valence-corrected chi connectivity index (χ3v) is 1.78. The Balaban J connectivity index is 3.14. The Hall–Kier alpha value is -1.71. The Morgan fingerprint density at radius 1 is 1.57 bits per heavy atom. The number of benzene rings is 1. The van der Waals surface area contributed by atoms with Crippen molar-refractivity contribution in [3.63, 3.8) is 0 Å². The molecular weight excluding hydrogens is 180 g/mol. The van der Waals surface area contributed by atoms with Crippen molar-refractivity contribution in [2.45, 2.75) is 13.8 Å². The van der Waals surface area contributed by atoms with Crippen molar-refractivity contribution in [3.05, 3.63) is 34.2 Å². The second-order valence-electron chi connectivity index (χ2n) is 2.87. The van der Waals surface area contributed by atoms with E-state index in [0.717, 1.165) is 5.56 Å². The Labute approximate surface area is 82.4 Å². The van der Waals surface area contributed by atoms with Gasteiger partial charge in [-0.05, 0) is 31.2 Å². The monoisotopic (exact) mass is 192 g/mol. The molecule has 0 aliphatic heterocycles. The molecule has 4 nitrogen and oxygen atoms in total. The van der Waals surface area contributed by atoms with Crippen molar-refractivity contribution in [1.29, 1.82) is 5.41 Å². The standard InChI is InChI=1S/C10H12N2O2/c1-3-14-9-5-4-7(2)6-8(9)10(11)12-13/h4-6,11H,3H2,1-2H3. The van der Waals surface area contributed by atoms with Crippen molar-refractivity contribution < 1.29 is 4.74 Å². The summed E-state index contributed by atoms with van der Waals surface area (Å²) in [6, 6.07) is 5.33. The van der Waals surface area contributed by atoms with Crippen LogP contribution in [0.1, 0.15) is 18.1 Å². The second kappa shape index (κ2) is 4.50. The molecule has 0 saturated carbocycles. The average Bonchev–Trinajstić information content (AvgIpc) is 2.20. The highest BCUT2D eigenvalue weighted by molar-refractivity contribution is 5.99. The van der Waals surface area contributed by atoms with E-state index in [4.69, 9.17) is 10.1 Å². The van der Waals surface area contributed by atoms with Crippen molar-refractivity contribution in [1.82, 2.24) is 0 Å². The number of hydrogen-bond acceptors (Lipinski definition) is 3. The van der Waals surface area contributed by atoms with Crippen LogP contribution in [0.3, 0.4) is 0 Å². The number of nitroso groups, excluding NO2 is 1. The topological polar surface area (TPSA) is 62.5 Å². The largest absolute Gasteiger partial charge is 0.493 e. The maximum Gasteiger partial charge on any atom is 0.200 e. The number of aryl methyl sites for hydroxylation is 1. The van der Waals surface area contributed by atoms with Crippen LogP contribution in [0, 0.1) is 17.2 Å². The van der Waals surface area contributed by atoms with Crippen LogP contribution in [-0.4, -0.2) is 12.4 Å². The lowest BCUT2D eigenvalue weighted by molar-refractivity contribution is 0.339. The maximum absolute atomic E-state index is 10.2. The van der Waals surface area contributed by atoms with Gasteiger partial charge in [-0.3, -0.25) is 5.41 Å². The van der Waals surface area contributed by atoms with Gasteiger partial charge >= 0.3 is 0 Å². The Kier molecular flexibility index (Phi) is 3.34. The van der Waals surface area contributed by atoms with Gasteiger partial charge in [0.05, 0.1) is 12.2 Å². The number of nitrogens with one attached hydrogen (secondary N) is 1. The highest BCUT2D eigenvalue weighted by Crippen LogP contribution is 2.20. The molecule has 4 heteroatoms. The fraction of sp³-hybridized carbons (Fsp3) is 0.300. The number of hydrogen-bond donors (Lipinski definition) is 1. The summed E-state index contributed by atoms with van der Waals surface area (Å²) in [6.45, 7) is 4.24. The number of amidine groups is 1. The van der Waals surface area contributed by atoms with E-state index in [1.165, 1.54) is 0 Å². The van der Waals surface area contributed by atoms with Gasteiger partial charge in [-0.15, -0.1) is 4.91 Å². The molecule has 0 aromatic heterocycles. The molecule has 0 saturated heterocycles. The zero-order valence-corrected chi connectivity index (χ0v) is 8.20. The van der Waals surface area contributed by atoms with Gasteiger partial charge in [0.25, 0.3) is 0 Å². The minimum atomic E-state index is -0.294. The molecule has 0 fully saturated rings. The van der Waals surface area contributed by atoms with Gasteiger partial charge in [0.1, 0.15) is 5.75 Å². The highest BCUT2D eigenvalue weighted by atomic mass is 16.5. The first-order chi connectivity index (χ1) is 6.69. The Morgan fingerprint density at radius 3 is 2.86 bits per heavy atom. The molecule has 0 aliphatic carbocycles. The van der Waals surface area contributed by atoms with Crippen LogP contribution in [0.2, 0.25) is 0 Å². The normalized spacial score (nSPS) is 9.57. The third kappa shape index (κ3) is 2.16. The molecule has 1 rings (SSSR count). The van der Waals surface area contributed by atoms with Gasteiger partial charge in [-0.1, -0.05) is 11.6 Å². The third-order valence-electron chi connectivity index (χ3n) is 1.78. The first-order valence-corrected chi connectivity index (χ1v) is 4.34. The minimum absolute atomic E-state index is 0.294. The lowest BCUT2D eigenvalue weighted by atomic mass is 10.1. The maximum atomic E-state index is 10.2. The molecule has 14 heavy (non-hydrogen) atoms. The van der Waals surface area contributed by atoms with Crippen LogP contribution < -0.4 is 4.74 Å². The summed E-state index contributed by atoms with van der Waals surface area (Å²) in [5.74, 6) is 0.236. The zero-order chi connectivity index (χ0) is 10.6. The van der Waals surface area contributed by atoms with Gasteiger partial charge in [0.2, 0.25) is 0 Å². The molecule has 1 aromatic carbocycles. The van der Waals surface area contributed by atoms with E-state index in [2.05, 4.69) is 5.18 Å². The fourth-order valence-electron chi connectivity index (χ4n) is 1.16. The molecule has 1 aromatic rings. The van der Waals surface area contributed by atoms with Crippen molar-refractivity contribution in [2.24, 2.45) is 5.18 Å². The summed E-state index contributed by atoms with van der Waals surface area (Å²) in [6.07, 6.45) is 0. The SMILES string of the molecule is CCOc1ccc(C)cc1C(=N)N=O. The molecule has 0 unspecified atom stereocenters. The summed E-state index contributed by atoms with van der Waals surface area (Å²) in [4.78, 5) is 10.2. The van der Waals surface area contributed by atoms with Crippen molar-refractivity contribution >= 4 is 5.84 Å². The van der Waals surface area contributed by atoms with E-state index < -0.39 is 0 Å². The minimum Gasteiger partial charge on any atom is -0.493 e. The van der Waals surface area contributed by atoms with Crippen molar-refractivity contribution in [2.75, 3.05) is 6.61 Å². The summed E-state index contributed by atoms with van der Waals surface area (Å²) in [5.41, 5.74) is 1.42. The van der Waals surface area contributed by atoms with E-state index >= 15 is 0 Å². The Morgan fingerprint density at radius 2 is 2.29 bits per heavy atom. The molecule has 0 bridgehead atoms. The Bertz CT molecular complexity index is 361. The van der Waals surface area contributed by atoms with Gasteiger partial charge < -0.3 is 4.74 Å². The predicted octanol–water partition coefficient (Wildman–Crippen LogP) is 2.49. The van der Waals surface area contributed by atoms with Gasteiger partial charge in [-0.2, -0.15) is 0 Å². The molecule has 0 aliphatic rings. The quantitative estimate of drug-likeness (QED) is 0.454. The van der Waals surface area contributed by atoms with Crippen LogP contribution in [0.4, 0.5) is 0 Å². The predicted molar refractivity (Wildman–Crippen MR) is 55.0 cm³/mol. The molecular formula is C10H12N2O2. The lowest BCUT2D eigenvalue weighted by Gasteiger charge is -2.08. The van der Waals surface area contributed by atoms with Crippen LogP contribution in [0.5, 0.6) is 5.75 Å². The number of ether oxygens (including phenoxy) is 1. The van der Waals surface area contributed by atoms with E-state index in [0.29, 0.717) is 17.9 Å². The first kappa shape index (κ1) is 10.4. The number of nitrogens with zero attached hydrogens (tertiary/aromatic N) is 1.